The minimum absolute atomic E-state index is 0.0955. The summed E-state index contributed by atoms with van der Waals surface area (Å²) >= 11 is 0. The summed E-state index contributed by atoms with van der Waals surface area (Å²) < 4.78 is 5.25. The average molecular weight is 543 g/mol. The molecule has 4 aromatic rings. The molecule has 0 heterocycles. The maximum absolute atomic E-state index is 11.7. The Balaban J connectivity index is 1.28. The van der Waals surface area contributed by atoms with Gasteiger partial charge in [0.05, 0.1) is 6.61 Å². The Bertz CT molecular complexity index is 1560. The Morgan fingerprint density at radius 3 is 2.02 bits per heavy atom. The number of aliphatic hydroxyl groups is 1. The number of aliphatic hydroxyl groups excluding tert-OH is 1. The maximum Gasteiger partial charge on any atom is 0.333 e. The molecule has 1 aliphatic rings. The van der Waals surface area contributed by atoms with Gasteiger partial charge in [0.15, 0.2) is 0 Å². The average Bonchev–Trinajstić information content (AvgIpc) is 3.01. The van der Waals surface area contributed by atoms with Crippen LogP contribution in [-0.4, -0.2) is 24.3 Å². The van der Waals surface area contributed by atoms with Crippen LogP contribution in [-0.2, 0) is 28.8 Å². The van der Waals surface area contributed by atoms with Crippen molar-refractivity contribution in [2.45, 2.75) is 45.4 Å². The van der Waals surface area contributed by atoms with Crippen LogP contribution < -0.4 is 0 Å². The summed E-state index contributed by atoms with van der Waals surface area (Å²) in [6.07, 6.45) is 8.71. The Kier molecular flexibility index (Phi) is 8.96. The van der Waals surface area contributed by atoms with Gasteiger partial charge in [-0.2, -0.15) is 0 Å². The SMILES string of the molecule is C=C(C)C(=O)OCC(CO)c1ccc(-c2ccc(-c3ccc4c(c3)CCc3cc(CC/C=C/C)ccc3-4)cc2)cc1. The third-order valence-corrected chi connectivity index (χ3v) is 7.98. The fourth-order valence-corrected chi connectivity index (χ4v) is 5.56. The van der Waals surface area contributed by atoms with Crippen molar-refractivity contribution in [3.63, 3.8) is 0 Å². The van der Waals surface area contributed by atoms with E-state index in [9.17, 15) is 9.90 Å². The zero-order valence-electron chi connectivity index (χ0n) is 24.0. The van der Waals surface area contributed by atoms with Crippen LogP contribution in [0.1, 0.15) is 48.4 Å². The molecule has 0 radical (unpaired) electrons. The van der Waals surface area contributed by atoms with Gasteiger partial charge in [0.1, 0.15) is 6.61 Å². The Labute approximate surface area is 243 Å². The molecule has 0 aliphatic heterocycles. The highest BCUT2D eigenvalue weighted by Gasteiger charge is 2.18. The maximum atomic E-state index is 11.7. The van der Waals surface area contributed by atoms with Crippen LogP contribution >= 0.6 is 0 Å². The number of benzene rings is 4. The standard InChI is InChI=1S/C38H38O3/c1-4-5-6-7-27-8-20-36-33(22-27)17-18-34-23-32(19-21-37(34)36)30-13-9-28(10-14-30)29-11-15-31(16-12-29)35(24-39)25-41-38(40)26(2)3/h4-5,8-16,19-23,35,39H,2,6-7,17-18,24-25H2,1,3H3/b5-4+. The number of rotatable bonds is 10. The van der Waals surface area contributed by atoms with E-state index in [2.05, 4.69) is 98.5 Å². The predicted molar refractivity (Wildman–Crippen MR) is 169 cm³/mol. The van der Waals surface area contributed by atoms with Crippen molar-refractivity contribution in [3.05, 3.63) is 131 Å². The van der Waals surface area contributed by atoms with Gasteiger partial charge in [0, 0.05) is 11.5 Å². The molecule has 1 atom stereocenters. The van der Waals surface area contributed by atoms with Crippen LogP contribution in [0.4, 0.5) is 0 Å². The summed E-state index contributed by atoms with van der Waals surface area (Å²) in [7, 11) is 0. The molecule has 0 saturated heterocycles. The minimum Gasteiger partial charge on any atom is -0.462 e. The van der Waals surface area contributed by atoms with E-state index in [-0.39, 0.29) is 19.1 Å². The van der Waals surface area contributed by atoms with Crippen LogP contribution in [0.5, 0.6) is 0 Å². The zero-order valence-corrected chi connectivity index (χ0v) is 24.0. The molecule has 0 fully saturated rings. The highest BCUT2D eigenvalue weighted by Crippen LogP contribution is 2.37. The zero-order chi connectivity index (χ0) is 28.8. The van der Waals surface area contributed by atoms with E-state index in [1.807, 2.05) is 12.1 Å². The van der Waals surface area contributed by atoms with Crippen molar-refractivity contribution in [3.8, 4) is 33.4 Å². The molecule has 0 aromatic heterocycles. The minimum atomic E-state index is -0.436. The summed E-state index contributed by atoms with van der Waals surface area (Å²) in [5.41, 5.74) is 13.0. The molecule has 4 aromatic carbocycles. The van der Waals surface area contributed by atoms with Crippen molar-refractivity contribution in [2.75, 3.05) is 13.2 Å². The first kappa shape index (κ1) is 28.3. The molecule has 208 valence electrons. The molecule has 1 aliphatic carbocycles. The number of hydrogen-bond acceptors (Lipinski definition) is 3. The number of esters is 1. The molecule has 0 spiro atoms. The lowest BCUT2D eigenvalue weighted by molar-refractivity contribution is -0.139. The van der Waals surface area contributed by atoms with E-state index in [0.29, 0.717) is 5.57 Å². The van der Waals surface area contributed by atoms with Crippen molar-refractivity contribution < 1.29 is 14.6 Å². The van der Waals surface area contributed by atoms with Crippen molar-refractivity contribution in [1.82, 2.24) is 0 Å². The van der Waals surface area contributed by atoms with Crippen LogP contribution in [0.15, 0.2) is 109 Å². The van der Waals surface area contributed by atoms with Crippen molar-refractivity contribution in [2.24, 2.45) is 0 Å². The number of aryl methyl sites for hydroxylation is 3. The number of hydrogen-bond donors (Lipinski definition) is 1. The Morgan fingerprint density at radius 2 is 1.41 bits per heavy atom. The van der Waals surface area contributed by atoms with Gasteiger partial charge >= 0.3 is 5.97 Å². The fraction of sp³-hybridized carbons (Fsp3) is 0.237. The Morgan fingerprint density at radius 1 is 0.854 bits per heavy atom. The summed E-state index contributed by atoms with van der Waals surface area (Å²) in [5, 5.41) is 9.81. The van der Waals surface area contributed by atoms with Gasteiger partial charge in [-0.1, -0.05) is 104 Å². The largest absolute Gasteiger partial charge is 0.462 e. The van der Waals surface area contributed by atoms with Crippen LogP contribution in [0.2, 0.25) is 0 Å². The first-order chi connectivity index (χ1) is 20.0. The molecule has 3 nitrogen and oxygen atoms in total. The lowest BCUT2D eigenvalue weighted by atomic mass is 9.83. The molecular formula is C38H38O3. The molecular weight excluding hydrogens is 504 g/mol. The fourth-order valence-electron chi connectivity index (χ4n) is 5.56. The molecule has 1 N–H and O–H groups in total. The number of ether oxygens (including phenoxy) is 1. The topological polar surface area (TPSA) is 46.5 Å². The molecule has 3 heteroatoms. The predicted octanol–water partition coefficient (Wildman–Crippen LogP) is 8.49. The normalized spacial score (nSPS) is 13.0. The van der Waals surface area contributed by atoms with Crippen molar-refractivity contribution >= 4 is 5.97 Å². The highest BCUT2D eigenvalue weighted by molar-refractivity contribution is 5.87. The van der Waals surface area contributed by atoms with E-state index in [1.54, 1.807) is 6.92 Å². The van der Waals surface area contributed by atoms with Gasteiger partial charge in [-0.05, 0) is 95.2 Å². The second-order valence-electron chi connectivity index (χ2n) is 10.9. The summed E-state index contributed by atoms with van der Waals surface area (Å²) in [6.45, 7) is 7.33. The molecule has 0 bridgehead atoms. The summed E-state index contributed by atoms with van der Waals surface area (Å²) in [6, 6.07) is 30.7. The lowest BCUT2D eigenvalue weighted by Gasteiger charge is -2.21. The summed E-state index contributed by atoms with van der Waals surface area (Å²) in [5.74, 6) is -0.704. The van der Waals surface area contributed by atoms with Gasteiger partial charge in [0.25, 0.3) is 0 Å². The van der Waals surface area contributed by atoms with Gasteiger partial charge in [-0.3, -0.25) is 0 Å². The third-order valence-electron chi connectivity index (χ3n) is 7.98. The highest BCUT2D eigenvalue weighted by atomic mass is 16.5. The van der Waals surface area contributed by atoms with Gasteiger partial charge in [0.2, 0.25) is 0 Å². The summed E-state index contributed by atoms with van der Waals surface area (Å²) in [4.78, 5) is 11.7. The van der Waals surface area contributed by atoms with Gasteiger partial charge in [-0.25, -0.2) is 4.79 Å². The molecule has 0 saturated carbocycles. The quantitative estimate of drug-likeness (QED) is 0.124. The van der Waals surface area contributed by atoms with Crippen molar-refractivity contribution in [1.29, 1.82) is 0 Å². The molecule has 5 rings (SSSR count). The van der Waals surface area contributed by atoms with Crippen LogP contribution in [0, 0.1) is 0 Å². The van der Waals surface area contributed by atoms with E-state index in [0.717, 1.165) is 42.4 Å². The van der Waals surface area contributed by atoms with Gasteiger partial charge < -0.3 is 9.84 Å². The Hall–Kier alpha value is -4.21. The molecule has 41 heavy (non-hydrogen) atoms. The van der Waals surface area contributed by atoms with Crippen LogP contribution in [0.3, 0.4) is 0 Å². The first-order valence-electron chi connectivity index (χ1n) is 14.5. The first-order valence-corrected chi connectivity index (χ1v) is 14.5. The van der Waals surface area contributed by atoms with Crippen LogP contribution in [0.25, 0.3) is 33.4 Å². The smallest absolute Gasteiger partial charge is 0.333 e. The monoisotopic (exact) mass is 542 g/mol. The van der Waals surface area contributed by atoms with Gasteiger partial charge in [-0.15, -0.1) is 0 Å². The van der Waals surface area contributed by atoms with E-state index in [1.165, 1.54) is 38.9 Å². The number of allylic oxidation sites excluding steroid dienone is 2. The van der Waals surface area contributed by atoms with E-state index < -0.39 is 5.97 Å². The molecule has 1 unspecified atom stereocenters. The second-order valence-corrected chi connectivity index (χ2v) is 10.9. The third kappa shape index (κ3) is 6.58. The molecule has 0 amide bonds. The number of fused-ring (bicyclic) bond motifs is 3. The lowest BCUT2D eigenvalue weighted by Crippen LogP contribution is -2.16. The number of carbonyl (C=O) groups is 1. The van der Waals surface area contributed by atoms with E-state index >= 15 is 0 Å². The number of carbonyl (C=O) groups excluding carboxylic acids is 1. The van der Waals surface area contributed by atoms with E-state index in [4.69, 9.17) is 4.74 Å². The second kappa shape index (κ2) is 13.0.